The highest BCUT2D eigenvalue weighted by molar-refractivity contribution is 6.06. The van der Waals surface area contributed by atoms with Gasteiger partial charge in [0.1, 0.15) is 5.60 Å². The Morgan fingerprint density at radius 2 is 1.79 bits per heavy atom. The lowest BCUT2D eigenvalue weighted by atomic mass is 9.92. The van der Waals surface area contributed by atoms with E-state index in [2.05, 4.69) is 10.3 Å². The summed E-state index contributed by atoms with van der Waals surface area (Å²) in [5.74, 6) is -0.0834. The molecule has 0 amide bonds. The molecule has 0 spiro atoms. The largest absolute Gasteiger partial charge is 0.460 e. The fourth-order valence-electron chi connectivity index (χ4n) is 2.93. The van der Waals surface area contributed by atoms with E-state index < -0.39 is 5.60 Å². The summed E-state index contributed by atoms with van der Waals surface area (Å²) in [7, 11) is 0. The van der Waals surface area contributed by atoms with Gasteiger partial charge in [-0.2, -0.15) is 0 Å². The van der Waals surface area contributed by atoms with Gasteiger partial charge < -0.3 is 13.8 Å². The average Bonchev–Trinajstić information content (AvgIpc) is 3.10. The van der Waals surface area contributed by atoms with Crippen LogP contribution in [-0.2, 0) is 21.4 Å². The van der Waals surface area contributed by atoms with Crippen molar-refractivity contribution in [1.29, 1.82) is 0 Å². The van der Waals surface area contributed by atoms with Gasteiger partial charge >= 0.3 is 5.97 Å². The summed E-state index contributed by atoms with van der Waals surface area (Å²) in [6.07, 6.45) is 2.52. The Morgan fingerprint density at radius 3 is 2.32 bits per heavy atom. The van der Waals surface area contributed by atoms with Crippen LogP contribution in [0.15, 0.2) is 15.1 Å². The highest BCUT2D eigenvalue weighted by Gasteiger charge is 2.36. The van der Waals surface area contributed by atoms with Crippen molar-refractivity contribution in [2.45, 2.75) is 84.2 Å². The summed E-state index contributed by atoms with van der Waals surface area (Å²) >= 11 is 0. The summed E-state index contributed by atoms with van der Waals surface area (Å²) in [6, 6.07) is 1.65. The number of aromatic nitrogens is 2. The van der Waals surface area contributed by atoms with Crippen LogP contribution in [0.3, 0.4) is 0 Å². The third-order valence-electron chi connectivity index (χ3n) is 4.48. The van der Waals surface area contributed by atoms with Crippen molar-refractivity contribution >= 4 is 11.8 Å². The van der Waals surface area contributed by atoms with Crippen LogP contribution in [0.2, 0.25) is 0 Å². The van der Waals surface area contributed by atoms with Gasteiger partial charge in [0.2, 0.25) is 11.5 Å². The van der Waals surface area contributed by atoms with Gasteiger partial charge in [-0.15, -0.1) is 0 Å². The van der Waals surface area contributed by atoms with Crippen LogP contribution in [0.4, 0.5) is 0 Å². The molecule has 0 saturated heterocycles. The highest BCUT2D eigenvalue weighted by atomic mass is 16.6. The van der Waals surface area contributed by atoms with E-state index in [1.807, 2.05) is 41.5 Å². The Morgan fingerprint density at radius 1 is 1.11 bits per heavy atom. The number of carbonyl (C=O) groups excluding carboxylic acids is 2. The maximum Gasteiger partial charge on any atom is 0.306 e. The first-order valence-electron chi connectivity index (χ1n) is 9.68. The van der Waals surface area contributed by atoms with Crippen LogP contribution in [-0.4, -0.2) is 27.7 Å². The number of carbonyl (C=O) groups is 2. The van der Waals surface area contributed by atoms with Gasteiger partial charge in [0.05, 0.1) is 17.8 Å². The van der Waals surface area contributed by atoms with E-state index in [0.29, 0.717) is 17.8 Å². The third-order valence-corrected chi connectivity index (χ3v) is 4.48. The normalized spacial score (nSPS) is 14.9. The van der Waals surface area contributed by atoms with Crippen molar-refractivity contribution in [1.82, 2.24) is 10.3 Å². The second kappa shape index (κ2) is 7.18. The third kappa shape index (κ3) is 4.69. The molecule has 0 bridgehead atoms. The number of hydrogen-bond donors (Lipinski definition) is 0. The highest BCUT2D eigenvalue weighted by Crippen LogP contribution is 2.44. The van der Waals surface area contributed by atoms with Gasteiger partial charge in [-0.25, -0.2) is 0 Å². The number of esters is 1. The standard InChI is InChI=1S/C21H28N2O5/c1-20(2,3)15-11-14(27-23-15)18(25)19-17(12-7-8-12)13(22-28-19)9-10-16(24)26-21(4,5)6/h11-12H,7-10H2,1-6H3. The predicted octanol–water partition coefficient (Wildman–Crippen LogP) is 4.34. The van der Waals surface area contributed by atoms with Crippen molar-refractivity contribution in [3.8, 4) is 0 Å². The number of ketones is 1. The minimum atomic E-state index is -0.529. The van der Waals surface area contributed by atoms with Crippen molar-refractivity contribution in [3.05, 3.63) is 34.5 Å². The lowest BCUT2D eigenvalue weighted by Crippen LogP contribution is -2.24. The van der Waals surface area contributed by atoms with Crippen LogP contribution in [0.25, 0.3) is 0 Å². The molecule has 7 nitrogen and oxygen atoms in total. The molecule has 0 aliphatic heterocycles. The van der Waals surface area contributed by atoms with Gasteiger partial charge in [0, 0.05) is 23.5 Å². The maximum atomic E-state index is 12.9. The predicted molar refractivity (Wildman–Crippen MR) is 101 cm³/mol. The molecule has 0 atom stereocenters. The van der Waals surface area contributed by atoms with Crippen LogP contribution in [0.5, 0.6) is 0 Å². The van der Waals surface area contributed by atoms with Crippen molar-refractivity contribution < 1.29 is 23.4 Å². The summed E-state index contributed by atoms with van der Waals surface area (Å²) in [4.78, 5) is 24.9. The molecule has 2 aromatic rings. The topological polar surface area (TPSA) is 95.4 Å². The molecule has 0 N–H and O–H groups in total. The molecule has 2 aromatic heterocycles. The Bertz CT molecular complexity index is 875. The van der Waals surface area contributed by atoms with Crippen LogP contribution >= 0.6 is 0 Å². The van der Waals surface area contributed by atoms with Crippen LogP contribution in [0.1, 0.15) is 100.0 Å². The molecule has 1 fully saturated rings. The minimum absolute atomic E-state index is 0.140. The minimum Gasteiger partial charge on any atom is -0.460 e. The Balaban J connectivity index is 1.78. The van der Waals surface area contributed by atoms with E-state index in [9.17, 15) is 9.59 Å². The quantitative estimate of drug-likeness (QED) is 0.536. The van der Waals surface area contributed by atoms with Crippen LogP contribution < -0.4 is 0 Å². The molecule has 0 unspecified atom stereocenters. The number of nitrogens with zero attached hydrogens (tertiary/aromatic N) is 2. The fraction of sp³-hybridized carbons (Fsp3) is 0.619. The van der Waals surface area contributed by atoms with Gasteiger partial charge in [-0.1, -0.05) is 31.1 Å². The molecule has 152 valence electrons. The summed E-state index contributed by atoms with van der Waals surface area (Å²) in [5.41, 5.74) is 1.39. The van der Waals surface area contributed by atoms with E-state index in [0.717, 1.165) is 18.4 Å². The molecule has 1 aliphatic carbocycles. The molecule has 2 heterocycles. The lowest BCUT2D eigenvalue weighted by Gasteiger charge is -2.19. The van der Waals surface area contributed by atoms with Crippen molar-refractivity contribution in [2.24, 2.45) is 0 Å². The molecular weight excluding hydrogens is 360 g/mol. The summed E-state index contributed by atoms with van der Waals surface area (Å²) < 4.78 is 16.0. The second-order valence-electron chi connectivity index (χ2n) is 9.39. The van der Waals surface area contributed by atoms with E-state index >= 15 is 0 Å². The SMILES string of the molecule is CC(C)(C)OC(=O)CCc1noc(C(=O)c2cc(C(C)(C)C)no2)c1C1CC1. The molecule has 7 heteroatoms. The van der Waals surface area contributed by atoms with Gasteiger partial charge in [0.25, 0.3) is 5.78 Å². The first-order chi connectivity index (χ1) is 13.0. The Hall–Kier alpha value is -2.44. The zero-order valence-corrected chi connectivity index (χ0v) is 17.4. The summed E-state index contributed by atoms with van der Waals surface area (Å²) in [6.45, 7) is 11.5. The van der Waals surface area contributed by atoms with E-state index in [1.165, 1.54) is 0 Å². The van der Waals surface area contributed by atoms with E-state index in [1.54, 1.807) is 6.07 Å². The molecule has 0 aromatic carbocycles. The maximum absolute atomic E-state index is 12.9. The number of hydrogen-bond acceptors (Lipinski definition) is 7. The number of rotatable bonds is 6. The zero-order chi connectivity index (χ0) is 20.7. The monoisotopic (exact) mass is 388 g/mol. The van der Waals surface area contributed by atoms with Crippen molar-refractivity contribution in [3.63, 3.8) is 0 Å². The first-order valence-corrected chi connectivity index (χ1v) is 9.68. The molecular formula is C21H28N2O5. The number of ether oxygens (including phenoxy) is 1. The smallest absolute Gasteiger partial charge is 0.306 e. The Kier molecular flexibility index (Phi) is 5.21. The van der Waals surface area contributed by atoms with Gasteiger partial charge in [-0.05, 0) is 39.5 Å². The zero-order valence-electron chi connectivity index (χ0n) is 17.4. The second-order valence-corrected chi connectivity index (χ2v) is 9.39. The first kappa shape index (κ1) is 20.3. The molecule has 1 saturated carbocycles. The average molecular weight is 388 g/mol. The Labute approximate surface area is 164 Å². The van der Waals surface area contributed by atoms with E-state index in [4.69, 9.17) is 13.8 Å². The van der Waals surface area contributed by atoms with Gasteiger partial charge in [0.15, 0.2) is 0 Å². The molecule has 1 aliphatic rings. The van der Waals surface area contributed by atoms with E-state index in [-0.39, 0.29) is 41.0 Å². The fourth-order valence-corrected chi connectivity index (χ4v) is 2.93. The summed E-state index contributed by atoms with van der Waals surface area (Å²) in [5, 5.41) is 8.09. The van der Waals surface area contributed by atoms with Crippen molar-refractivity contribution in [2.75, 3.05) is 0 Å². The number of aryl methyl sites for hydroxylation is 1. The van der Waals surface area contributed by atoms with Gasteiger partial charge in [-0.3, -0.25) is 9.59 Å². The van der Waals surface area contributed by atoms with Crippen LogP contribution in [0, 0.1) is 0 Å². The molecule has 3 rings (SSSR count). The lowest BCUT2D eigenvalue weighted by molar-refractivity contribution is -0.154. The molecule has 0 radical (unpaired) electrons. The molecule has 28 heavy (non-hydrogen) atoms.